The predicted molar refractivity (Wildman–Crippen MR) is 136 cm³/mol. The van der Waals surface area contributed by atoms with Crippen molar-refractivity contribution in [2.24, 2.45) is 0 Å². The summed E-state index contributed by atoms with van der Waals surface area (Å²) < 4.78 is 42.7. The Morgan fingerprint density at radius 1 is 1.08 bits per heavy atom. The minimum Gasteiger partial charge on any atom is -0.369 e. The number of aromatic nitrogens is 4. The summed E-state index contributed by atoms with van der Waals surface area (Å²) in [5.74, 6) is -0.375. The van der Waals surface area contributed by atoms with Gasteiger partial charge in [-0.25, -0.2) is 4.68 Å². The number of anilines is 1. The van der Waals surface area contributed by atoms with Gasteiger partial charge >= 0.3 is 6.18 Å². The summed E-state index contributed by atoms with van der Waals surface area (Å²) in [5, 5.41) is 8.42. The second kappa shape index (κ2) is 10.1. The number of piperazine rings is 1. The van der Waals surface area contributed by atoms with Crippen molar-refractivity contribution in [2.45, 2.75) is 19.5 Å². The summed E-state index contributed by atoms with van der Waals surface area (Å²) in [5.41, 5.74) is 4.42. The van der Waals surface area contributed by atoms with Gasteiger partial charge in [0.05, 0.1) is 27.8 Å². The van der Waals surface area contributed by atoms with Crippen molar-refractivity contribution in [1.29, 1.82) is 0 Å². The van der Waals surface area contributed by atoms with Crippen LogP contribution in [0, 0.1) is 6.92 Å². The Morgan fingerprint density at radius 3 is 2.57 bits per heavy atom. The highest BCUT2D eigenvalue weighted by molar-refractivity contribution is 7.13. The van der Waals surface area contributed by atoms with Gasteiger partial charge in [-0.3, -0.25) is 9.78 Å². The Bertz CT molecular complexity index is 1410. The van der Waals surface area contributed by atoms with Gasteiger partial charge in [0.2, 0.25) is 0 Å². The van der Waals surface area contributed by atoms with E-state index in [1.807, 2.05) is 37.1 Å². The van der Waals surface area contributed by atoms with E-state index in [4.69, 9.17) is 0 Å². The van der Waals surface area contributed by atoms with Crippen LogP contribution in [0.2, 0.25) is 0 Å². The molecule has 0 N–H and O–H groups in total. The molecule has 1 fully saturated rings. The van der Waals surface area contributed by atoms with Crippen LogP contribution < -0.4 is 4.90 Å². The molecule has 1 aliphatic heterocycles. The molecule has 0 saturated carbocycles. The molecule has 0 amide bonds. The molecule has 3 heterocycles. The number of alkyl halides is 3. The minimum atomic E-state index is -4.54. The Hall–Kier alpha value is -3.57. The lowest BCUT2D eigenvalue weighted by Gasteiger charge is -2.34. The summed E-state index contributed by atoms with van der Waals surface area (Å²) in [6.07, 6.45) is -1.08. The van der Waals surface area contributed by atoms with Crippen molar-refractivity contribution in [3.8, 4) is 16.3 Å². The Kier molecular flexibility index (Phi) is 6.82. The van der Waals surface area contributed by atoms with Crippen LogP contribution in [-0.4, -0.2) is 63.9 Å². The van der Waals surface area contributed by atoms with E-state index in [0.29, 0.717) is 30.0 Å². The standard InChI is InChI=1S/C26H25F3N6OS/c1-17-3-4-18(9-23(17)35-15-22(31-32-35)25-14-30-16-37-25)10-24(36)19-11-20(26(27,28)29)13-21(12-19)34-7-5-33(2)6-8-34/h3-4,9,11-16H,5-8,10H2,1-2H3. The lowest BCUT2D eigenvalue weighted by Crippen LogP contribution is -2.44. The molecular formula is C26H25F3N6OS. The van der Waals surface area contributed by atoms with Crippen molar-refractivity contribution >= 4 is 22.8 Å². The van der Waals surface area contributed by atoms with Crippen LogP contribution in [0.25, 0.3) is 16.3 Å². The highest BCUT2D eigenvalue weighted by Gasteiger charge is 2.32. The second-order valence-electron chi connectivity index (χ2n) is 9.19. The van der Waals surface area contributed by atoms with E-state index in [1.165, 1.54) is 11.3 Å². The molecule has 192 valence electrons. The summed E-state index contributed by atoms with van der Waals surface area (Å²) >= 11 is 1.45. The largest absolute Gasteiger partial charge is 0.416 e. The lowest BCUT2D eigenvalue weighted by molar-refractivity contribution is -0.137. The fourth-order valence-corrected chi connectivity index (χ4v) is 4.89. The zero-order valence-corrected chi connectivity index (χ0v) is 21.2. The number of aryl methyl sites for hydroxylation is 1. The van der Waals surface area contributed by atoms with Gasteiger partial charge in [-0.2, -0.15) is 13.2 Å². The molecule has 0 aliphatic carbocycles. The first-order valence-corrected chi connectivity index (χ1v) is 12.7. The number of ketones is 1. The number of rotatable bonds is 6. The van der Waals surface area contributed by atoms with Crippen LogP contribution in [0.15, 0.2) is 54.3 Å². The molecule has 4 aromatic rings. The van der Waals surface area contributed by atoms with Gasteiger partial charge in [0.15, 0.2) is 5.78 Å². The molecule has 0 spiro atoms. The van der Waals surface area contributed by atoms with Gasteiger partial charge in [0.25, 0.3) is 0 Å². The van der Waals surface area contributed by atoms with Crippen molar-refractivity contribution in [3.05, 3.63) is 76.6 Å². The van der Waals surface area contributed by atoms with Crippen molar-refractivity contribution in [3.63, 3.8) is 0 Å². The van der Waals surface area contributed by atoms with E-state index in [1.54, 1.807) is 28.7 Å². The second-order valence-corrected chi connectivity index (χ2v) is 10.1. The van der Waals surface area contributed by atoms with E-state index in [9.17, 15) is 18.0 Å². The third-order valence-electron chi connectivity index (χ3n) is 6.50. The number of Topliss-reactive ketones (excluding diaryl/α,β-unsaturated/α-hetero) is 1. The van der Waals surface area contributed by atoms with Gasteiger partial charge < -0.3 is 9.80 Å². The number of carbonyl (C=O) groups excluding carboxylic acids is 1. The number of hydrogen-bond donors (Lipinski definition) is 0. The molecule has 11 heteroatoms. The SMILES string of the molecule is Cc1ccc(CC(=O)c2cc(N3CCN(C)CC3)cc(C(F)(F)F)c2)cc1-n1cc(-c2cncs2)nn1. The number of halogens is 3. The van der Waals surface area contributed by atoms with Crippen LogP contribution in [-0.2, 0) is 12.6 Å². The van der Waals surface area contributed by atoms with E-state index < -0.39 is 11.7 Å². The average Bonchev–Trinajstić information content (AvgIpc) is 3.57. The van der Waals surface area contributed by atoms with E-state index >= 15 is 0 Å². The molecule has 0 bridgehead atoms. The van der Waals surface area contributed by atoms with Crippen molar-refractivity contribution < 1.29 is 18.0 Å². The monoisotopic (exact) mass is 526 g/mol. The van der Waals surface area contributed by atoms with Crippen molar-refractivity contribution in [2.75, 3.05) is 38.1 Å². The molecule has 5 rings (SSSR count). The molecule has 7 nitrogen and oxygen atoms in total. The molecule has 2 aromatic heterocycles. The number of carbonyl (C=O) groups is 1. The highest BCUT2D eigenvalue weighted by Crippen LogP contribution is 2.34. The Morgan fingerprint density at radius 2 is 1.86 bits per heavy atom. The lowest BCUT2D eigenvalue weighted by atomic mass is 9.98. The maximum absolute atomic E-state index is 13.7. The average molecular weight is 527 g/mol. The molecule has 0 atom stereocenters. The normalized spacial score (nSPS) is 14.8. The quantitative estimate of drug-likeness (QED) is 0.333. The zero-order valence-electron chi connectivity index (χ0n) is 20.4. The van der Waals surface area contributed by atoms with Crippen LogP contribution in [0.3, 0.4) is 0 Å². The summed E-state index contributed by atoms with van der Waals surface area (Å²) in [6.45, 7) is 4.63. The number of likely N-dealkylation sites (N-methyl/N-ethyl adjacent to an activating group) is 1. The van der Waals surface area contributed by atoms with E-state index in [-0.39, 0.29) is 17.8 Å². The van der Waals surface area contributed by atoms with Gasteiger partial charge in [0, 0.05) is 50.0 Å². The van der Waals surface area contributed by atoms with E-state index in [0.717, 1.165) is 41.4 Å². The fraction of sp³-hybridized carbons (Fsp3) is 0.308. The number of benzene rings is 2. The first-order chi connectivity index (χ1) is 17.7. The van der Waals surface area contributed by atoms with E-state index in [2.05, 4.69) is 20.2 Å². The number of hydrogen-bond acceptors (Lipinski definition) is 7. The summed E-state index contributed by atoms with van der Waals surface area (Å²) in [7, 11) is 1.98. The molecule has 0 radical (unpaired) electrons. The first-order valence-electron chi connectivity index (χ1n) is 11.8. The number of thiazole rings is 1. The smallest absolute Gasteiger partial charge is 0.369 e. The summed E-state index contributed by atoms with van der Waals surface area (Å²) in [6, 6.07) is 9.18. The van der Waals surface area contributed by atoms with Crippen LogP contribution >= 0.6 is 11.3 Å². The molecule has 1 saturated heterocycles. The molecule has 0 unspecified atom stereocenters. The minimum absolute atomic E-state index is 0.0346. The third kappa shape index (κ3) is 5.57. The fourth-order valence-electron chi connectivity index (χ4n) is 4.32. The van der Waals surface area contributed by atoms with Gasteiger partial charge in [-0.05, 0) is 49.4 Å². The highest BCUT2D eigenvalue weighted by atomic mass is 32.1. The van der Waals surface area contributed by atoms with Gasteiger partial charge in [0.1, 0.15) is 5.69 Å². The van der Waals surface area contributed by atoms with Crippen LogP contribution in [0.4, 0.5) is 18.9 Å². The third-order valence-corrected chi connectivity index (χ3v) is 7.29. The predicted octanol–water partition coefficient (Wildman–Crippen LogP) is 4.90. The van der Waals surface area contributed by atoms with Gasteiger partial charge in [-0.15, -0.1) is 16.4 Å². The summed E-state index contributed by atoms with van der Waals surface area (Å²) in [4.78, 5) is 22.2. The molecule has 1 aliphatic rings. The van der Waals surface area contributed by atoms with Crippen LogP contribution in [0.1, 0.15) is 27.0 Å². The maximum Gasteiger partial charge on any atom is 0.416 e. The topological polar surface area (TPSA) is 67.2 Å². The Labute approximate surface area is 216 Å². The maximum atomic E-state index is 13.7. The van der Waals surface area contributed by atoms with Crippen LogP contribution in [0.5, 0.6) is 0 Å². The Balaban J connectivity index is 1.42. The van der Waals surface area contributed by atoms with Gasteiger partial charge in [-0.1, -0.05) is 17.3 Å². The molecular weight excluding hydrogens is 501 g/mol. The first kappa shape index (κ1) is 25.1. The van der Waals surface area contributed by atoms with Crippen molar-refractivity contribution in [1.82, 2.24) is 24.9 Å². The molecule has 2 aromatic carbocycles. The molecule has 37 heavy (non-hydrogen) atoms. The zero-order chi connectivity index (χ0) is 26.2. The number of nitrogens with zero attached hydrogens (tertiary/aromatic N) is 6.